The number of nitrogens with one attached hydrogen (secondary N) is 2. The largest absolute Gasteiger partial charge is 0.493 e. The molecule has 29 heavy (non-hydrogen) atoms. The number of nitrogens with zero attached hydrogens (tertiary/aromatic N) is 1. The molecule has 0 amide bonds. The first-order valence-corrected chi connectivity index (χ1v) is 10.3. The predicted octanol–water partition coefficient (Wildman–Crippen LogP) is 1.55. The third-order valence-corrected chi connectivity index (χ3v) is 5.75. The Balaban J connectivity index is 1.65. The van der Waals surface area contributed by atoms with Gasteiger partial charge in [0, 0.05) is 24.3 Å². The number of hydrogen-bond donors (Lipinski definition) is 3. The summed E-state index contributed by atoms with van der Waals surface area (Å²) in [5.74, 6) is 1.48. The van der Waals surface area contributed by atoms with Crippen LogP contribution in [0.25, 0.3) is 0 Å². The Hall–Kier alpha value is -2.35. The number of thiocarbonyl (C=S) groups is 1. The second-order valence-corrected chi connectivity index (χ2v) is 7.61. The molecule has 156 valence electrons. The summed E-state index contributed by atoms with van der Waals surface area (Å²) in [4.78, 5) is 3.66. The van der Waals surface area contributed by atoms with Crippen LogP contribution < -0.4 is 19.7 Å². The monoisotopic (exact) mass is 416 g/mol. The summed E-state index contributed by atoms with van der Waals surface area (Å²) in [6.45, 7) is 3.70. The van der Waals surface area contributed by atoms with Gasteiger partial charge < -0.3 is 29.7 Å². The van der Waals surface area contributed by atoms with E-state index in [0.29, 0.717) is 6.04 Å². The van der Waals surface area contributed by atoms with Gasteiger partial charge in [-0.05, 0) is 42.5 Å². The molecule has 6 nitrogen and oxygen atoms in total. The third-order valence-electron chi connectivity index (χ3n) is 5.39. The average Bonchev–Trinajstić information content (AvgIpc) is 2.75. The van der Waals surface area contributed by atoms with Gasteiger partial charge in [-0.3, -0.25) is 0 Å². The standard InChI is InChI=1S/C22H29N3O3S/c1-27-20-9-8-17(14-21(20)28-2)15-24-11-12-25(16-19(24)10-13-26)22(29)23-18-6-4-3-5-7-18/h3-9,14,19,26H,10-13,15-16H2,1-2H3,(H,23,29)/p+1/t19-/m1/s1. The number of aliphatic hydroxyl groups excluding tert-OH is 1. The van der Waals surface area contributed by atoms with Gasteiger partial charge in [0.15, 0.2) is 16.6 Å². The fourth-order valence-electron chi connectivity index (χ4n) is 3.81. The zero-order valence-electron chi connectivity index (χ0n) is 17.1. The van der Waals surface area contributed by atoms with E-state index in [4.69, 9.17) is 21.7 Å². The minimum absolute atomic E-state index is 0.173. The van der Waals surface area contributed by atoms with Crippen LogP contribution in [0, 0.1) is 0 Å². The van der Waals surface area contributed by atoms with Crippen LogP contribution in [0.5, 0.6) is 11.5 Å². The van der Waals surface area contributed by atoms with Crippen molar-refractivity contribution in [1.29, 1.82) is 0 Å². The van der Waals surface area contributed by atoms with Crippen LogP contribution in [0.1, 0.15) is 12.0 Å². The van der Waals surface area contributed by atoms with Gasteiger partial charge in [-0.25, -0.2) is 0 Å². The lowest BCUT2D eigenvalue weighted by Crippen LogP contribution is -3.17. The first-order chi connectivity index (χ1) is 14.1. The highest BCUT2D eigenvalue weighted by molar-refractivity contribution is 7.80. The zero-order valence-corrected chi connectivity index (χ0v) is 17.9. The first kappa shape index (κ1) is 21.4. The third kappa shape index (κ3) is 5.59. The molecular weight excluding hydrogens is 386 g/mol. The van der Waals surface area contributed by atoms with Crippen LogP contribution in [-0.4, -0.2) is 61.6 Å². The van der Waals surface area contributed by atoms with Gasteiger partial charge in [0.1, 0.15) is 12.6 Å². The normalized spacial score (nSPS) is 18.9. The van der Waals surface area contributed by atoms with Gasteiger partial charge in [-0.1, -0.05) is 18.2 Å². The van der Waals surface area contributed by atoms with Crippen molar-refractivity contribution in [3.8, 4) is 11.5 Å². The number of piperazine rings is 1. The van der Waals surface area contributed by atoms with E-state index in [1.54, 1.807) is 14.2 Å². The smallest absolute Gasteiger partial charge is 0.173 e. The fraction of sp³-hybridized carbons (Fsp3) is 0.409. The Labute approximate surface area is 178 Å². The highest BCUT2D eigenvalue weighted by atomic mass is 32.1. The van der Waals surface area contributed by atoms with E-state index < -0.39 is 0 Å². The zero-order chi connectivity index (χ0) is 20.6. The molecule has 2 aromatic carbocycles. The molecule has 1 fully saturated rings. The van der Waals surface area contributed by atoms with E-state index in [0.717, 1.165) is 54.9 Å². The lowest BCUT2D eigenvalue weighted by atomic mass is 10.1. The molecule has 3 N–H and O–H groups in total. The summed E-state index contributed by atoms with van der Waals surface area (Å²) in [7, 11) is 3.30. The van der Waals surface area contributed by atoms with Crippen LogP contribution in [0.15, 0.2) is 48.5 Å². The summed E-state index contributed by atoms with van der Waals surface area (Å²) in [6.07, 6.45) is 0.743. The number of ether oxygens (including phenoxy) is 2. The minimum Gasteiger partial charge on any atom is -0.493 e. The maximum Gasteiger partial charge on any atom is 0.173 e. The molecule has 2 aromatic rings. The summed E-state index contributed by atoms with van der Waals surface area (Å²) in [6, 6.07) is 16.4. The number of hydrogen-bond acceptors (Lipinski definition) is 4. The average molecular weight is 417 g/mol. The SMILES string of the molecule is COc1ccc(C[NH+]2CCN(C(=S)Nc3ccccc3)C[C@H]2CCO)cc1OC. The number of methoxy groups -OCH3 is 2. The molecule has 1 aliphatic heterocycles. The molecule has 3 rings (SSSR count). The molecule has 0 aromatic heterocycles. The van der Waals surface area contributed by atoms with Crippen molar-refractivity contribution >= 4 is 23.0 Å². The quantitative estimate of drug-likeness (QED) is 0.596. The topological polar surface area (TPSA) is 58.4 Å². The minimum atomic E-state index is 0.173. The highest BCUT2D eigenvalue weighted by Gasteiger charge is 2.31. The van der Waals surface area contributed by atoms with E-state index in [9.17, 15) is 5.11 Å². The number of rotatable bonds is 7. The van der Waals surface area contributed by atoms with Crippen molar-refractivity contribution < 1.29 is 19.5 Å². The van der Waals surface area contributed by atoms with Crippen molar-refractivity contribution in [2.24, 2.45) is 0 Å². The van der Waals surface area contributed by atoms with E-state index in [-0.39, 0.29) is 6.61 Å². The molecule has 2 atom stereocenters. The highest BCUT2D eigenvalue weighted by Crippen LogP contribution is 2.27. The summed E-state index contributed by atoms with van der Waals surface area (Å²) >= 11 is 5.63. The number of anilines is 1. The molecule has 1 heterocycles. The van der Waals surface area contributed by atoms with Gasteiger partial charge >= 0.3 is 0 Å². The Morgan fingerprint density at radius 3 is 2.62 bits per heavy atom. The van der Waals surface area contributed by atoms with Gasteiger partial charge in [0.05, 0.1) is 33.9 Å². The number of para-hydroxylation sites is 1. The molecule has 1 unspecified atom stereocenters. The van der Waals surface area contributed by atoms with Crippen LogP contribution in [0.4, 0.5) is 5.69 Å². The van der Waals surface area contributed by atoms with Gasteiger partial charge in [-0.2, -0.15) is 0 Å². The van der Waals surface area contributed by atoms with Gasteiger partial charge in [0.25, 0.3) is 0 Å². The molecule has 0 radical (unpaired) electrons. The fourth-order valence-corrected chi connectivity index (χ4v) is 4.10. The second kappa shape index (κ2) is 10.4. The number of aliphatic hydroxyl groups is 1. The number of benzene rings is 2. The number of quaternary nitrogens is 1. The van der Waals surface area contributed by atoms with Crippen LogP contribution >= 0.6 is 12.2 Å². The Morgan fingerprint density at radius 2 is 1.93 bits per heavy atom. The van der Waals surface area contributed by atoms with Gasteiger partial charge in [0.2, 0.25) is 0 Å². The summed E-state index contributed by atoms with van der Waals surface area (Å²) in [5, 5.41) is 13.7. The van der Waals surface area contributed by atoms with Crippen molar-refractivity contribution in [3.63, 3.8) is 0 Å². The Bertz CT molecular complexity index is 803. The van der Waals surface area contributed by atoms with Crippen molar-refractivity contribution in [2.75, 3.05) is 45.8 Å². The van der Waals surface area contributed by atoms with Crippen molar-refractivity contribution in [2.45, 2.75) is 19.0 Å². The Morgan fingerprint density at radius 1 is 1.17 bits per heavy atom. The van der Waals surface area contributed by atoms with Gasteiger partial charge in [-0.15, -0.1) is 0 Å². The van der Waals surface area contributed by atoms with E-state index >= 15 is 0 Å². The van der Waals surface area contributed by atoms with E-state index in [2.05, 4.69) is 16.3 Å². The molecular formula is C22H30N3O3S+. The molecule has 0 saturated carbocycles. The first-order valence-electron chi connectivity index (χ1n) is 9.92. The molecule has 0 spiro atoms. The molecule has 1 aliphatic rings. The maximum atomic E-state index is 9.60. The van der Waals surface area contributed by atoms with E-state index in [1.807, 2.05) is 42.5 Å². The molecule has 0 bridgehead atoms. The molecule has 7 heteroatoms. The van der Waals surface area contributed by atoms with Crippen molar-refractivity contribution in [3.05, 3.63) is 54.1 Å². The summed E-state index contributed by atoms with van der Waals surface area (Å²) < 4.78 is 10.8. The summed E-state index contributed by atoms with van der Waals surface area (Å²) in [5.41, 5.74) is 2.19. The predicted molar refractivity (Wildman–Crippen MR) is 119 cm³/mol. The molecule has 0 aliphatic carbocycles. The Kier molecular flexibility index (Phi) is 7.69. The van der Waals surface area contributed by atoms with Crippen LogP contribution in [-0.2, 0) is 6.54 Å². The van der Waals surface area contributed by atoms with E-state index in [1.165, 1.54) is 10.5 Å². The lowest BCUT2D eigenvalue weighted by Gasteiger charge is -2.39. The van der Waals surface area contributed by atoms with Crippen LogP contribution in [0.3, 0.4) is 0 Å². The van der Waals surface area contributed by atoms with Crippen LogP contribution in [0.2, 0.25) is 0 Å². The maximum absolute atomic E-state index is 9.60. The second-order valence-electron chi connectivity index (χ2n) is 7.23. The van der Waals surface area contributed by atoms with Crippen molar-refractivity contribution in [1.82, 2.24) is 4.90 Å². The molecule has 1 saturated heterocycles. The lowest BCUT2D eigenvalue weighted by molar-refractivity contribution is -0.943.